The highest BCUT2D eigenvalue weighted by Gasteiger charge is 2.24. The minimum atomic E-state index is -3.37. The van der Waals surface area contributed by atoms with E-state index in [1.165, 1.54) is 19.0 Å². The fraction of sp³-hybridized carbons (Fsp3) is 0.636. The molecule has 1 aliphatic rings. The minimum Gasteiger partial charge on any atom is -0.356 e. The molecule has 18 heavy (non-hydrogen) atoms. The molecule has 1 aromatic rings. The van der Waals surface area contributed by atoms with Gasteiger partial charge in [0.15, 0.2) is 0 Å². The van der Waals surface area contributed by atoms with Gasteiger partial charge in [-0.25, -0.2) is 13.4 Å². The highest BCUT2D eigenvalue weighted by atomic mass is 79.9. The molecule has 0 unspecified atom stereocenters. The molecule has 0 spiro atoms. The minimum absolute atomic E-state index is 0.120. The summed E-state index contributed by atoms with van der Waals surface area (Å²) in [6, 6.07) is 0.434. The molecule has 1 aliphatic carbocycles. The molecule has 7 heteroatoms. The van der Waals surface area contributed by atoms with Gasteiger partial charge in [0.25, 0.3) is 0 Å². The predicted octanol–water partition coefficient (Wildman–Crippen LogP) is 2.02. The van der Waals surface area contributed by atoms with Crippen LogP contribution < -0.4 is 4.90 Å². The van der Waals surface area contributed by atoms with E-state index < -0.39 is 9.84 Å². The average molecular weight is 334 g/mol. The second-order valence-corrected chi connectivity index (χ2v) is 7.41. The molecule has 0 aromatic carbocycles. The van der Waals surface area contributed by atoms with Gasteiger partial charge >= 0.3 is 0 Å². The lowest BCUT2D eigenvalue weighted by Gasteiger charge is -2.26. The third kappa shape index (κ3) is 2.83. The van der Waals surface area contributed by atoms with Crippen LogP contribution in [0.25, 0.3) is 0 Å². The fourth-order valence-corrected chi connectivity index (χ4v) is 3.20. The van der Waals surface area contributed by atoms with E-state index in [9.17, 15) is 8.42 Å². The Morgan fingerprint density at radius 3 is 2.56 bits per heavy atom. The largest absolute Gasteiger partial charge is 0.356 e. The molecule has 1 fully saturated rings. The number of hydrogen-bond donors (Lipinski definition) is 0. The molecule has 1 heterocycles. The van der Waals surface area contributed by atoms with Crippen molar-refractivity contribution in [1.82, 2.24) is 9.97 Å². The van der Waals surface area contributed by atoms with E-state index in [0.717, 1.165) is 23.6 Å². The van der Waals surface area contributed by atoms with E-state index >= 15 is 0 Å². The summed E-state index contributed by atoms with van der Waals surface area (Å²) in [4.78, 5) is 10.1. The molecular weight excluding hydrogens is 318 g/mol. The van der Waals surface area contributed by atoms with E-state index in [-0.39, 0.29) is 5.16 Å². The van der Waals surface area contributed by atoms with Gasteiger partial charge in [-0.15, -0.1) is 0 Å². The highest BCUT2D eigenvalue weighted by Crippen LogP contribution is 2.30. The molecule has 0 amide bonds. The molecule has 0 atom stereocenters. The first-order chi connectivity index (χ1) is 8.39. The van der Waals surface area contributed by atoms with E-state index in [2.05, 4.69) is 25.9 Å². The molecular formula is C11H16BrN3O2S. The van der Waals surface area contributed by atoms with Crippen molar-refractivity contribution in [3.63, 3.8) is 0 Å². The van der Waals surface area contributed by atoms with Crippen LogP contribution in [-0.4, -0.2) is 37.7 Å². The Morgan fingerprint density at radius 1 is 1.39 bits per heavy atom. The molecule has 0 radical (unpaired) electrons. The van der Waals surface area contributed by atoms with Gasteiger partial charge in [-0.05, 0) is 28.8 Å². The van der Waals surface area contributed by atoms with Crippen LogP contribution in [0.2, 0.25) is 0 Å². The van der Waals surface area contributed by atoms with Gasteiger partial charge in [-0.1, -0.05) is 12.8 Å². The summed E-state index contributed by atoms with van der Waals surface area (Å²) >= 11 is 3.38. The van der Waals surface area contributed by atoms with Crippen molar-refractivity contribution < 1.29 is 8.42 Å². The lowest BCUT2D eigenvalue weighted by molar-refractivity contribution is 0.590. The summed E-state index contributed by atoms with van der Waals surface area (Å²) in [5.41, 5.74) is 0. The van der Waals surface area contributed by atoms with Crippen molar-refractivity contribution in [3.8, 4) is 0 Å². The normalized spacial score (nSPS) is 17.1. The van der Waals surface area contributed by atoms with Crippen LogP contribution in [0.4, 0.5) is 5.82 Å². The van der Waals surface area contributed by atoms with E-state index in [1.807, 2.05) is 11.9 Å². The van der Waals surface area contributed by atoms with Gasteiger partial charge < -0.3 is 4.90 Å². The van der Waals surface area contributed by atoms with Crippen molar-refractivity contribution in [2.45, 2.75) is 36.9 Å². The average Bonchev–Trinajstić information content (AvgIpc) is 2.80. The summed E-state index contributed by atoms with van der Waals surface area (Å²) in [5, 5.41) is -0.120. The fourth-order valence-electron chi connectivity index (χ4n) is 2.23. The molecule has 100 valence electrons. The Hall–Kier alpha value is -0.690. The van der Waals surface area contributed by atoms with Crippen LogP contribution in [0.1, 0.15) is 25.7 Å². The Labute approximate surface area is 116 Å². The van der Waals surface area contributed by atoms with Crippen LogP contribution in [0, 0.1) is 0 Å². The maximum Gasteiger partial charge on any atom is 0.248 e. The summed E-state index contributed by atoms with van der Waals surface area (Å²) in [5.74, 6) is 0.650. The molecule has 1 aromatic heterocycles. The number of sulfone groups is 1. The van der Waals surface area contributed by atoms with E-state index in [4.69, 9.17) is 0 Å². The lowest BCUT2D eigenvalue weighted by atomic mass is 10.2. The van der Waals surface area contributed by atoms with Gasteiger partial charge in [0.1, 0.15) is 5.82 Å². The van der Waals surface area contributed by atoms with Gasteiger partial charge in [0, 0.05) is 25.5 Å². The third-order valence-electron chi connectivity index (χ3n) is 3.24. The van der Waals surface area contributed by atoms with E-state index in [0.29, 0.717) is 11.9 Å². The zero-order valence-electron chi connectivity index (χ0n) is 10.4. The Bertz CT molecular complexity index is 541. The Morgan fingerprint density at radius 2 is 2.00 bits per heavy atom. The third-order valence-corrected chi connectivity index (χ3v) is 4.66. The van der Waals surface area contributed by atoms with Crippen LogP contribution in [-0.2, 0) is 9.84 Å². The van der Waals surface area contributed by atoms with Crippen molar-refractivity contribution in [3.05, 3.63) is 10.7 Å². The van der Waals surface area contributed by atoms with Gasteiger partial charge in [0.05, 0.1) is 4.47 Å². The first-order valence-electron chi connectivity index (χ1n) is 5.85. The zero-order chi connectivity index (χ0) is 13.3. The second-order valence-electron chi connectivity index (χ2n) is 4.65. The highest BCUT2D eigenvalue weighted by molar-refractivity contribution is 9.10. The number of halogens is 1. The molecule has 0 aliphatic heterocycles. The van der Waals surface area contributed by atoms with E-state index in [1.54, 1.807) is 0 Å². The van der Waals surface area contributed by atoms with Crippen LogP contribution in [0.3, 0.4) is 0 Å². The van der Waals surface area contributed by atoms with Crippen molar-refractivity contribution in [2.75, 3.05) is 18.2 Å². The number of rotatable bonds is 3. The number of aromatic nitrogens is 2. The lowest BCUT2D eigenvalue weighted by Crippen LogP contribution is -2.30. The van der Waals surface area contributed by atoms with Gasteiger partial charge in [-0.2, -0.15) is 4.98 Å². The van der Waals surface area contributed by atoms with Crippen molar-refractivity contribution in [2.24, 2.45) is 0 Å². The summed E-state index contributed by atoms with van der Waals surface area (Å²) in [6.07, 6.45) is 7.31. The predicted molar refractivity (Wildman–Crippen MR) is 73.5 cm³/mol. The maximum atomic E-state index is 11.5. The molecule has 2 rings (SSSR count). The Balaban J connectivity index is 2.37. The van der Waals surface area contributed by atoms with Crippen LogP contribution in [0.15, 0.2) is 15.8 Å². The molecule has 0 saturated heterocycles. The number of nitrogens with zero attached hydrogens (tertiary/aromatic N) is 3. The quantitative estimate of drug-likeness (QED) is 0.792. The monoisotopic (exact) mass is 333 g/mol. The zero-order valence-corrected chi connectivity index (χ0v) is 12.8. The summed E-state index contributed by atoms with van der Waals surface area (Å²) in [6.45, 7) is 0. The van der Waals surface area contributed by atoms with Crippen molar-refractivity contribution in [1.29, 1.82) is 0 Å². The first-order valence-corrected chi connectivity index (χ1v) is 8.53. The molecule has 5 nitrogen and oxygen atoms in total. The topological polar surface area (TPSA) is 63.2 Å². The molecule has 1 saturated carbocycles. The summed E-state index contributed by atoms with van der Waals surface area (Å²) < 4.78 is 23.7. The Kier molecular flexibility index (Phi) is 3.91. The standard InChI is InChI=1S/C11H16BrN3O2S/c1-15(8-5-3-4-6-8)10-9(12)7-13-11(14-10)18(2,16)17/h7-8H,3-6H2,1-2H3. The SMILES string of the molecule is CN(c1nc(S(C)(=O)=O)ncc1Br)C1CCCC1. The van der Waals surface area contributed by atoms with Gasteiger partial charge in [0.2, 0.25) is 15.0 Å². The smallest absolute Gasteiger partial charge is 0.248 e. The second kappa shape index (κ2) is 5.13. The maximum absolute atomic E-state index is 11.5. The van der Waals surface area contributed by atoms with Crippen LogP contribution in [0.5, 0.6) is 0 Å². The summed E-state index contributed by atoms with van der Waals surface area (Å²) in [7, 11) is -1.42. The molecule has 0 bridgehead atoms. The molecule has 0 N–H and O–H groups in total. The van der Waals surface area contributed by atoms with Crippen molar-refractivity contribution >= 4 is 31.6 Å². The number of anilines is 1. The van der Waals surface area contributed by atoms with Gasteiger partial charge in [-0.3, -0.25) is 0 Å². The number of hydrogen-bond acceptors (Lipinski definition) is 5. The first kappa shape index (κ1) is 13.7. The van der Waals surface area contributed by atoms with Crippen LogP contribution >= 0.6 is 15.9 Å².